The third-order valence-corrected chi connectivity index (χ3v) is 3.81. The van der Waals surface area contributed by atoms with Gasteiger partial charge in [0.1, 0.15) is 5.69 Å². The molecule has 0 aromatic carbocycles. The number of rotatable bonds is 4. The molecule has 1 saturated carbocycles. The zero-order chi connectivity index (χ0) is 12.5. The molecule has 0 unspecified atom stereocenters. The predicted molar refractivity (Wildman–Crippen MR) is 72.5 cm³/mol. The van der Waals surface area contributed by atoms with Crippen LogP contribution in [0, 0.1) is 13.8 Å². The molecule has 18 heavy (non-hydrogen) atoms. The Labute approximate surface area is 111 Å². The molecule has 2 aromatic rings. The number of aryl methyl sites for hydroxylation is 2. The molecule has 0 saturated heterocycles. The van der Waals surface area contributed by atoms with Crippen LogP contribution in [0.15, 0.2) is 10.9 Å². The van der Waals surface area contributed by atoms with Crippen LogP contribution in [0.25, 0.3) is 11.5 Å². The van der Waals surface area contributed by atoms with E-state index in [1.165, 1.54) is 18.4 Å². The normalized spacial score (nSPS) is 15.0. The van der Waals surface area contributed by atoms with Crippen molar-refractivity contribution in [1.82, 2.24) is 20.3 Å². The van der Waals surface area contributed by atoms with Crippen molar-refractivity contribution < 1.29 is 0 Å². The van der Waals surface area contributed by atoms with Gasteiger partial charge in [-0.2, -0.15) is 0 Å². The maximum atomic E-state index is 4.57. The van der Waals surface area contributed by atoms with Gasteiger partial charge in [0, 0.05) is 34.9 Å². The molecule has 2 heterocycles. The second-order valence-electron chi connectivity index (χ2n) is 4.73. The Morgan fingerprint density at radius 1 is 1.28 bits per heavy atom. The number of nitrogens with one attached hydrogen (secondary N) is 1. The molecular formula is C13H16N4S. The number of aromatic nitrogens is 3. The van der Waals surface area contributed by atoms with Gasteiger partial charge in [-0.1, -0.05) is 0 Å². The van der Waals surface area contributed by atoms with E-state index in [0.717, 1.165) is 29.5 Å². The lowest BCUT2D eigenvalue weighted by molar-refractivity contribution is 0.675. The number of nitrogens with zero attached hydrogens (tertiary/aromatic N) is 3. The first-order chi connectivity index (χ1) is 8.74. The summed E-state index contributed by atoms with van der Waals surface area (Å²) >= 11 is 1.57. The van der Waals surface area contributed by atoms with Crippen LogP contribution < -0.4 is 5.32 Å². The molecule has 4 nitrogen and oxygen atoms in total. The van der Waals surface area contributed by atoms with Crippen molar-refractivity contribution in [2.24, 2.45) is 0 Å². The number of hydrogen-bond donors (Lipinski definition) is 1. The number of hydrogen-bond acceptors (Lipinski definition) is 5. The van der Waals surface area contributed by atoms with Gasteiger partial charge in [-0.25, -0.2) is 15.0 Å². The molecule has 2 aromatic heterocycles. The zero-order valence-corrected chi connectivity index (χ0v) is 11.4. The Morgan fingerprint density at radius 2 is 2.00 bits per heavy atom. The highest BCUT2D eigenvalue weighted by Gasteiger charge is 2.21. The Balaban J connectivity index is 1.87. The summed E-state index contributed by atoms with van der Waals surface area (Å²) < 4.78 is 0. The second-order valence-corrected chi connectivity index (χ2v) is 5.44. The highest BCUT2D eigenvalue weighted by molar-refractivity contribution is 7.07. The minimum absolute atomic E-state index is 0.710. The molecule has 94 valence electrons. The van der Waals surface area contributed by atoms with E-state index in [1.807, 2.05) is 10.9 Å². The van der Waals surface area contributed by atoms with Crippen molar-refractivity contribution in [3.8, 4) is 11.5 Å². The van der Waals surface area contributed by atoms with Crippen LogP contribution in [-0.4, -0.2) is 21.0 Å². The second kappa shape index (κ2) is 4.74. The maximum Gasteiger partial charge on any atom is 0.179 e. The van der Waals surface area contributed by atoms with E-state index in [2.05, 4.69) is 34.1 Å². The van der Waals surface area contributed by atoms with Crippen LogP contribution in [0.3, 0.4) is 0 Å². The lowest BCUT2D eigenvalue weighted by Crippen LogP contribution is -2.18. The molecule has 1 N–H and O–H groups in total. The van der Waals surface area contributed by atoms with E-state index >= 15 is 0 Å². The largest absolute Gasteiger partial charge is 0.310 e. The van der Waals surface area contributed by atoms with Crippen LogP contribution in [0.1, 0.15) is 29.8 Å². The molecule has 1 aliphatic rings. The third-order valence-electron chi connectivity index (χ3n) is 3.23. The van der Waals surface area contributed by atoms with Gasteiger partial charge in [0.05, 0.1) is 5.51 Å². The van der Waals surface area contributed by atoms with Crippen LogP contribution >= 0.6 is 11.3 Å². The Bertz CT molecular complexity index is 523. The van der Waals surface area contributed by atoms with Crippen molar-refractivity contribution in [3.63, 3.8) is 0 Å². The smallest absolute Gasteiger partial charge is 0.179 e. The molecule has 0 spiro atoms. The molecule has 5 heteroatoms. The quantitative estimate of drug-likeness (QED) is 0.917. The molecule has 0 aliphatic heterocycles. The number of thiazole rings is 1. The molecule has 0 radical (unpaired) electrons. The van der Waals surface area contributed by atoms with Crippen LogP contribution in [-0.2, 0) is 6.54 Å². The van der Waals surface area contributed by atoms with Gasteiger partial charge in [0.2, 0.25) is 0 Å². The summed E-state index contributed by atoms with van der Waals surface area (Å²) in [6.45, 7) is 4.97. The van der Waals surface area contributed by atoms with Gasteiger partial charge < -0.3 is 5.32 Å². The van der Waals surface area contributed by atoms with Crippen molar-refractivity contribution in [3.05, 3.63) is 27.8 Å². The van der Waals surface area contributed by atoms with E-state index < -0.39 is 0 Å². The van der Waals surface area contributed by atoms with Crippen molar-refractivity contribution in [1.29, 1.82) is 0 Å². The van der Waals surface area contributed by atoms with Gasteiger partial charge in [-0.3, -0.25) is 0 Å². The molecule has 0 atom stereocenters. The molecule has 1 aliphatic carbocycles. The molecule has 0 amide bonds. The predicted octanol–water partition coefficient (Wildman–Crippen LogP) is 2.47. The SMILES string of the molecule is Cc1nc(-c2cscn2)nc(C)c1CNC1CC1. The zero-order valence-electron chi connectivity index (χ0n) is 10.6. The standard InChI is InChI=1S/C13H16N4S/c1-8-11(5-14-10-3-4-10)9(2)17-13(16-8)12-6-18-7-15-12/h6-7,10,14H,3-5H2,1-2H3. The summed E-state index contributed by atoms with van der Waals surface area (Å²) in [6, 6.07) is 0.710. The summed E-state index contributed by atoms with van der Waals surface area (Å²) in [5.74, 6) is 0.737. The van der Waals surface area contributed by atoms with Crippen molar-refractivity contribution in [2.45, 2.75) is 39.3 Å². The van der Waals surface area contributed by atoms with Gasteiger partial charge in [-0.15, -0.1) is 11.3 Å². The topological polar surface area (TPSA) is 50.7 Å². The Hall–Kier alpha value is -1.33. The van der Waals surface area contributed by atoms with E-state index in [4.69, 9.17) is 0 Å². The lowest BCUT2D eigenvalue weighted by atomic mass is 10.1. The van der Waals surface area contributed by atoms with Crippen LogP contribution in [0.5, 0.6) is 0 Å². The fourth-order valence-electron chi connectivity index (χ4n) is 1.97. The highest BCUT2D eigenvalue weighted by atomic mass is 32.1. The maximum absolute atomic E-state index is 4.57. The van der Waals surface area contributed by atoms with E-state index in [-0.39, 0.29) is 0 Å². The minimum Gasteiger partial charge on any atom is -0.310 e. The molecular weight excluding hydrogens is 244 g/mol. The summed E-state index contributed by atoms with van der Waals surface area (Å²) in [7, 11) is 0. The lowest BCUT2D eigenvalue weighted by Gasteiger charge is -2.10. The van der Waals surface area contributed by atoms with E-state index in [9.17, 15) is 0 Å². The average Bonchev–Trinajstić information content (AvgIpc) is 3.00. The third kappa shape index (κ3) is 2.42. The van der Waals surface area contributed by atoms with Crippen LogP contribution in [0.4, 0.5) is 0 Å². The Kier molecular flexibility index (Phi) is 3.09. The summed E-state index contributed by atoms with van der Waals surface area (Å²) in [6.07, 6.45) is 2.60. The summed E-state index contributed by atoms with van der Waals surface area (Å²) in [5.41, 5.74) is 6.01. The van der Waals surface area contributed by atoms with Crippen molar-refractivity contribution >= 4 is 11.3 Å². The first-order valence-corrected chi connectivity index (χ1v) is 7.14. The summed E-state index contributed by atoms with van der Waals surface area (Å²) in [4.78, 5) is 13.4. The van der Waals surface area contributed by atoms with Crippen LogP contribution in [0.2, 0.25) is 0 Å². The summed E-state index contributed by atoms with van der Waals surface area (Å²) in [5, 5.41) is 5.50. The minimum atomic E-state index is 0.710. The molecule has 3 rings (SSSR count). The van der Waals surface area contributed by atoms with E-state index in [1.54, 1.807) is 11.3 Å². The Morgan fingerprint density at radius 3 is 2.56 bits per heavy atom. The first kappa shape index (κ1) is 11.7. The molecule has 1 fully saturated rings. The average molecular weight is 260 g/mol. The fraction of sp³-hybridized carbons (Fsp3) is 0.462. The first-order valence-electron chi connectivity index (χ1n) is 6.20. The highest BCUT2D eigenvalue weighted by Crippen LogP contribution is 2.22. The van der Waals surface area contributed by atoms with Gasteiger partial charge in [0.15, 0.2) is 5.82 Å². The van der Waals surface area contributed by atoms with E-state index in [0.29, 0.717) is 6.04 Å². The molecule has 0 bridgehead atoms. The fourth-order valence-corrected chi connectivity index (χ4v) is 2.50. The van der Waals surface area contributed by atoms with Gasteiger partial charge in [-0.05, 0) is 26.7 Å². The van der Waals surface area contributed by atoms with Gasteiger partial charge in [0.25, 0.3) is 0 Å². The van der Waals surface area contributed by atoms with Crippen molar-refractivity contribution in [2.75, 3.05) is 0 Å². The van der Waals surface area contributed by atoms with Gasteiger partial charge >= 0.3 is 0 Å². The monoisotopic (exact) mass is 260 g/mol.